The van der Waals surface area contributed by atoms with Gasteiger partial charge in [0.05, 0.1) is 0 Å². The number of aromatic nitrogens is 1. The van der Waals surface area contributed by atoms with Crippen LogP contribution < -0.4 is 15.8 Å². The van der Waals surface area contributed by atoms with Gasteiger partial charge < -0.3 is 15.8 Å². The Balaban J connectivity index is 1.91. The van der Waals surface area contributed by atoms with Crippen LogP contribution in [0.5, 0.6) is 5.88 Å². The number of primary amides is 1. The molecule has 182 valence electrons. The summed E-state index contributed by atoms with van der Waals surface area (Å²) in [6.07, 6.45) is 1.90. The number of carbonyl (C=O) groups is 2. The third kappa shape index (κ3) is 7.11. The van der Waals surface area contributed by atoms with Gasteiger partial charge in [0.2, 0.25) is 11.8 Å². The molecule has 3 aromatic rings. The molecule has 3 N–H and O–H groups in total. The van der Waals surface area contributed by atoms with Crippen molar-refractivity contribution >= 4 is 40.0 Å². The Morgan fingerprint density at radius 1 is 1.06 bits per heavy atom. The number of benzene rings is 2. The molecule has 1 aromatic heterocycles. The smallest absolute Gasteiger partial charge is 0.267 e. The number of allylic oxidation sites excluding steroid dienone is 2. The first-order valence-corrected chi connectivity index (χ1v) is 12.0. The predicted octanol–water partition coefficient (Wildman–Crippen LogP) is 5.20. The monoisotopic (exact) mass is 587 g/mol. The molecule has 0 spiro atoms. The van der Waals surface area contributed by atoms with E-state index in [1.54, 1.807) is 45.0 Å². The topological polar surface area (TPSA) is 94.3 Å². The number of nitrogens with two attached hydrogens (primary N) is 1. The zero-order valence-electron chi connectivity index (χ0n) is 19.8. The number of halogens is 2. The van der Waals surface area contributed by atoms with Crippen LogP contribution in [-0.4, -0.2) is 22.4 Å². The zero-order valence-corrected chi connectivity index (χ0v) is 21.9. The molecule has 0 radical (unpaired) electrons. The summed E-state index contributed by atoms with van der Waals surface area (Å²) in [5.41, 5.74) is 8.32. The summed E-state index contributed by atoms with van der Waals surface area (Å²) in [5.74, 6) is -0.683. The number of pyridine rings is 1. The Kier molecular flexibility index (Phi) is 8.61. The summed E-state index contributed by atoms with van der Waals surface area (Å²) < 4.78 is 19.7. The summed E-state index contributed by atoms with van der Waals surface area (Å²) in [6, 6.07) is 18.2. The van der Waals surface area contributed by atoms with Crippen LogP contribution in [0.1, 0.15) is 47.8 Å². The molecule has 0 atom stereocenters. The van der Waals surface area contributed by atoms with E-state index in [1.807, 2.05) is 30.3 Å². The average molecular weight is 587 g/mol. The van der Waals surface area contributed by atoms with Crippen LogP contribution in [0.4, 0.5) is 4.39 Å². The first-order valence-electron chi connectivity index (χ1n) is 10.9. The lowest BCUT2D eigenvalue weighted by Crippen LogP contribution is -2.46. The van der Waals surface area contributed by atoms with Crippen LogP contribution in [0.2, 0.25) is 0 Å². The SMILES string of the molecule is C/C(NC(=O)C(C)(C)Oc1ccc(CF)cn1)=C(\Cc1ccc(I)cc1)c1cccc(C(N)=O)c1. The standard InChI is InChI=1S/C27H27FIN3O3/c1-17(32-26(34)27(2,3)35-24-12-9-19(15-28)16-31-24)23(13-18-7-10-22(29)11-8-18)20-5-4-6-21(14-20)25(30)33/h4-12,14,16H,13,15H2,1-3H3,(H2,30,33)(H,32,34)/b23-17-. The Morgan fingerprint density at radius 2 is 1.71 bits per heavy atom. The number of nitrogens with zero attached hydrogens (tertiary/aromatic N) is 1. The van der Waals surface area contributed by atoms with E-state index in [2.05, 4.69) is 32.9 Å². The second kappa shape index (κ2) is 11.4. The highest BCUT2D eigenvalue weighted by molar-refractivity contribution is 14.1. The number of nitrogens with one attached hydrogen (secondary N) is 1. The molecule has 35 heavy (non-hydrogen) atoms. The van der Waals surface area contributed by atoms with E-state index in [0.29, 0.717) is 23.2 Å². The van der Waals surface area contributed by atoms with Crippen LogP contribution in [-0.2, 0) is 17.9 Å². The van der Waals surface area contributed by atoms with E-state index in [9.17, 15) is 14.0 Å². The zero-order chi connectivity index (χ0) is 25.6. The van der Waals surface area contributed by atoms with Gasteiger partial charge in [0.15, 0.2) is 5.60 Å². The molecule has 3 rings (SSSR count). The van der Waals surface area contributed by atoms with Crippen molar-refractivity contribution < 1.29 is 18.7 Å². The van der Waals surface area contributed by atoms with Crippen molar-refractivity contribution in [3.05, 3.63) is 98.4 Å². The van der Waals surface area contributed by atoms with Crippen molar-refractivity contribution in [1.29, 1.82) is 0 Å². The van der Waals surface area contributed by atoms with Crippen molar-refractivity contribution in [2.24, 2.45) is 5.73 Å². The quantitative estimate of drug-likeness (QED) is 0.337. The van der Waals surface area contributed by atoms with Gasteiger partial charge in [-0.3, -0.25) is 9.59 Å². The van der Waals surface area contributed by atoms with E-state index in [0.717, 1.165) is 20.3 Å². The number of alkyl halides is 1. The minimum atomic E-state index is -1.26. The molecule has 0 unspecified atom stereocenters. The maximum atomic E-state index is 13.2. The molecule has 6 nitrogen and oxygen atoms in total. The van der Waals surface area contributed by atoms with Crippen molar-refractivity contribution in [3.8, 4) is 5.88 Å². The first-order chi connectivity index (χ1) is 16.6. The second-order valence-corrected chi connectivity index (χ2v) is 9.80. The van der Waals surface area contributed by atoms with Crippen molar-refractivity contribution in [2.75, 3.05) is 0 Å². The van der Waals surface area contributed by atoms with Crippen molar-refractivity contribution in [3.63, 3.8) is 0 Å². The molecule has 2 aromatic carbocycles. The van der Waals surface area contributed by atoms with E-state index >= 15 is 0 Å². The summed E-state index contributed by atoms with van der Waals surface area (Å²) in [6.45, 7) is 4.45. The Labute approximate surface area is 217 Å². The van der Waals surface area contributed by atoms with E-state index in [-0.39, 0.29) is 11.8 Å². The van der Waals surface area contributed by atoms with Crippen LogP contribution >= 0.6 is 22.6 Å². The Bertz CT molecular complexity index is 1240. The molecule has 8 heteroatoms. The highest BCUT2D eigenvalue weighted by atomic mass is 127. The van der Waals surface area contributed by atoms with Gasteiger partial charge in [-0.05, 0) is 96.8 Å². The highest BCUT2D eigenvalue weighted by Crippen LogP contribution is 2.25. The van der Waals surface area contributed by atoms with Gasteiger partial charge in [0.1, 0.15) is 6.67 Å². The number of hydrogen-bond acceptors (Lipinski definition) is 4. The molecule has 1 heterocycles. The van der Waals surface area contributed by atoms with Gasteiger partial charge in [0, 0.05) is 32.7 Å². The molecule has 0 aliphatic rings. The normalized spacial score (nSPS) is 12.0. The lowest BCUT2D eigenvalue weighted by Gasteiger charge is -2.26. The third-order valence-corrected chi connectivity index (χ3v) is 6.12. The van der Waals surface area contributed by atoms with Crippen LogP contribution in [0.3, 0.4) is 0 Å². The third-order valence-electron chi connectivity index (χ3n) is 5.40. The first kappa shape index (κ1) is 26.3. The maximum absolute atomic E-state index is 13.2. The number of amides is 2. The van der Waals surface area contributed by atoms with Gasteiger partial charge in [-0.25, -0.2) is 9.37 Å². The molecule has 2 amide bonds. The van der Waals surface area contributed by atoms with Gasteiger partial charge in [-0.1, -0.05) is 24.3 Å². The lowest BCUT2D eigenvalue weighted by atomic mass is 9.94. The highest BCUT2D eigenvalue weighted by Gasteiger charge is 2.31. The lowest BCUT2D eigenvalue weighted by molar-refractivity contribution is -0.133. The molecule has 0 aliphatic carbocycles. The summed E-state index contributed by atoms with van der Waals surface area (Å²) >= 11 is 2.25. The van der Waals surface area contributed by atoms with Gasteiger partial charge in [0.25, 0.3) is 5.91 Å². The largest absolute Gasteiger partial charge is 0.462 e. The Hall–Kier alpha value is -3.27. The van der Waals surface area contributed by atoms with Crippen LogP contribution in [0, 0.1) is 3.57 Å². The fraction of sp³-hybridized carbons (Fsp3) is 0.222. The summed E-state index contributed by atoms with van der Waals surface area (Å²) in [4.78, 5) is 29.0. The van der Waals surface area contributed by atoms with Gasteiger partial charge in [-0.2, -0.15) is 0 Å². The van der Waals surface area contributed by atoms with E-state index in [4.69, 9.17) is 10.5 Å². The fourth-order valence-electron chi connectivity index (χ4n) is 3.37. The molecule has 0 bridgehead atoms. The average Bonchev–Trinajstić information content (AvgIpc) is 2.83. The van der Waals surface area contributed by atoms with Crippen molar-refractivity contribution in [1.82, 2.24) is 10.3 Å². The number of hydrogen-bond donors (Lipinski definition) is 2. The number of rotatable bonds is 9. The summed E-state index contributed by atoms with van der Waals surface area (Å²) in [5, 5.41) is 2.95. The molecular formula is C27H27FIN3O3. The fourth-order valence-corrected chi connectivity index (χ4v) is 3.73. The minimum Gasteiger partial charge on any atom is -0.462 e. The van der Waals surface area contributed by atoms with Gasteiger partial charge >= 0.3 is 0 Å². The molecule has 0 saturated heterocycles. The van der Waals surface area contributed by atoms with Crippen LogP contribution in [0.25, 0.3) is 5.57 Å². The molecule has 0 saturated carbocycles. The van der Waals surface area contributed by atoms with Gasteiger partial charge in [-0.15, -0.1) is 0 Å². The number of carbonyl (C=O) groups excluding carboxylic acids is 2. The number of ether oxygens (including phenoxy) is 1. The molecule has 0 aliphatic heterocycles. The second-order valence-electron chi connectivity index (χ2n) is 8.56. The predicted molar refractivity (Wildman–Crippen MR) is 142 cm³/mol. The minimum absolute atomic E-state index is 0.220. The van der Waals surface area contributed by atoms with E-state index in [1.165, 1.54) is 12.3 Å². The Morgan fingerprint density at radius 3 is 2.31 bits per heavy atom. The van der Waals surface area contributed by atoms with Crippen molar-refractivity contribution in [2.45, 2.75) is 39.5 Å². The molecular weight excluding hydrogens is 560 g/mol. The van der Waals surface area contributed by atoms with Crippen LogP contribution in [0.15, 0.2) is 72.6 Å². The maximum Gasteiger partial charge on any atom is 0.267 e. The van der Waals surface area contributed by atoms with E-state index < -0.39 is 18.2 Å². The molecule has 0 fully saturated rings. The summed E-state index contributed by atoms with van der Waals surface area (Å²) in [7, 11) is 0.